The zero-order valence-electron chi connectivity index (χ0n) is 34.4. The number of allylic oxidation sites excluding steroid dienone is 2. The summed E-state index contributed by atoms with van der Waals surface area (Å²) in [6.07, 6.45) is 13.0. The SMILES string of the molecule is Cn1c2c(c3sc(C=C4C(=O)c5cc6cc7ccccc7cc6cc5C4=O)cc31)=CC1C=c3c(c4sc(C=C5C(=O)c6cc7cc8ccccc8cc7cc6C5=O)cc4n3C)=CC1C=2. The maximum atomic E-state index is 13.8. The topological polar surface area (TPSA) is 78.1 Å². The Hall–Kier alpha value is -7.52. The van der Waals surface area contributed by atoms with E-state index in [4.69, 9.17) is 0 Å². The molecule has 0 amide bonds. The average molecular weight is 861 g/mol. The largest absolute Gasteiger partial charge is 0.343 e. The summed E-state index contributed by atoms with van der Waals surface area (Å²) >= 11 is 3.24. The van der Waals surface area contributed by atoms with Gasteiger partial charge in [-0.2, -0.15) is 0 Å². The third kappa shape index (κ3) is 4.89. The normalized spacial score (nSPS) is 17.5. The number of aromatic nitrogens is 2. The molecular formula is C56H32N2O4S2. The molecule has 4 aromatic heterocycles. The van der Waals surface area contributed by atoms with Crippen LogP contribution in [0.1, 0.15) is 51.2 Å². The van der Waals surface area contributed by atoms with Crippen molar-refractivity contribution in [2.24, 2.45) is 25.9 Å². The molecule has 4 heterocycles. The molecule has 10 aromatic rings. The molecule has 0 aliphatic heterocycles. The number of carbonyl (C=O) groups excluding carboxylic acids is 4. The average Bonchev–Trinajstić information content (AvgIpc) is 4.12. The fourth-order valence-corrected chi connectivity index (χ4v) is 13.1. The zero-order valence-corrected chi connectivity index (χ0v) is 36.0. The number of Topliss-reactive ketones (excluding diaryl/α,β-unsaturated/α-hetero) is 4. The number of nitrogens with zero attached hydrogens (tertiary/aromatic N) is 2. The highest BCUT2D eigenvalue weighted by molar-refractivity contribution is 7.20. The van der Waals surface area contributed by atoms with Crippen LogP contribution in [-0.2, 0) is 14.1 Å². The summed E-state index contributed by atoms with van der Waals surface area (Å²) in [5.41, 5.74) is 4.44. The number of ketones is 4. The Labute approximate surface area is 371 Å². The fourth-order valence-electron chi connectivity index (χ4n) is 10.8. The van der Waals surface area contributed by atoms with Gasteiger partial charge in [-0.1, -0.05) is 72.8 Å². The Bertz CT molecular complexity index is 3890. The number of benzene rings is 6. The standard InChI is InChI=1S/C56H32N2O4S2/c1-57-47-21-35-20-44-48(58(2)50-26-38(64-56(44)50)24-46-53(61)41-17-33-13-29-9-5-6-10-30(29)14-34(33)18-42(41)54(46)62)22-36(35)19-43(47)55-49(57)25-37(63-55)23-45-51(59)39-15-31-11-27-7-3-4-8-28(27)12-32(31)16-40(39)52(45)60/h3-26,35-36H,1-2H3. The van der Waals surface area contributed by atoms with Crippen molar-refractivity contribution >= 4 is 146 Å². The lowest BCUT2D eigenvalue weighted by Crippen LogP contribution is -2.39. The van der Waals surface area contributed by atoms with Crippen LogP contribution in [-0.4, -0.2) is 32.3 Å². The van der Waals surface area contributed by atoms with Crippen molar-refractivity contribution < 1.29 is 19.2 Å². The summed E-state index contributed by atoms with van der Waals surface area (Å²) in [5.74, 6) is -0.614. The molecule has 2 unspecified atom stereocenters. The molecule has 4 aliphatic rings. The first kappa shape index (κ1) is 36.0. The van der Waals surface area contributed by atoms with Gasteiger partial charge in [-0.15, -0.1) is 22.7 Å². The first-order chi connectivity index (χ1) is 31.1. The summed E-state index contributed by atoms with van der Waals surface area (Å²) in [4.78, 5) is 56.9. The lowest BCUT2D eigenvalue weighted by Gasteiger charge is -2.21. The van der Waals surface area contributed by atoms with Crippen molar-refractivity contribution in [2.45, 2.75) is 0 Å². The van der Waals surface area contributed by atoms with Crippen molar-refractivity contribution in [3.63, 3.8) is 0 Å². The molecule has 0 bridgehead atoms. The maximum absolute atomic E-state index is 13.8. The number of aryl methyl sites for hydroxylation is 2. The zero-order chi connectivity index (χ0) is 42.9. The second kappa shape index (κ2) is 12.6. The number of hydrogen-bond donors (Lipinski definition) is 0. The number of hydrogen-bond acceptors (Lipinski definition) is 6. The minimum Gasteiger partial charge on any atom is -0.343 e. The van der Waals surface area contributed by atoms with Crippen molar-refractivity contribution in [1.29, 1.82) is 0 Å². The molecule has 6 nitrogen and oxygen atoms in total. The van der Waals surface area contributed by atoms with Crippen LogP contribution in [0.15, 0.2) is 120 Å². The lowest BCUT2D eigenvalue weighted by atomic mass is 9.84. The van der Waals surface area contributed by atoms with E-state index in [0.29, 0.717) is 22.3 Å². The molecule has 0 spiro atoms. The van der Waals surface area contributed by atoms with Gasteiger partial charge in [0.1, 0.15) is 0 Å². The van der Waals surface area contributed by atoms with E-state index in [9.17, 15) is 19.2 Å². The highest BCUT2D eigenvalue weighted by Crippen LogP contribution is 2.38. The van der Waals surface area contributed by atoms with Crippen LogP contribution in [0.25, 0.3) is 100.0 Å². The van der Waals surface area contributed by atoms with Gasteiger partial charge >= 0.3 is 0 Å². The van der Waals surface area contributed by atoms with Gasteiger partial charge in [0.25, 0.3) is 0 Å². The minimum absolute atomic E-state index is 0.136. The van der Waals surface area contributed by atoms with Gasteiger partial charge < -0.3 is 9.13 Å². The van der Waals surface area contributed by atoms with Gasteiger partial charge in [0.15, 0.2) is 23.1 Å². The highest BCUT2D eigenvalue weighted by Gasteiger charge is 2.35. The van der Waals surface area contributed by atoms with E-state index >= 15 is 0 Å². The minimum atomic E-state index is -0.222. The number of thiophene rings is 2. The molecule has 0 fully saturated rings. The highest BCUT2D eigenvalue weighted by atomic mass is 32.1. The van der Waals surface area contributed by atoms with E-state index in [1.54, 1.807) is 34.8 Å². The van der Waals surface area contributed by atoms with Crippen molar-refractivity contribution in [3.05, 3.63) is 173 Å². The van der Waals surface area contributed by atoms with Gasteiger partial charge in [0.05, 0.1) is 31.6 Å². The predicted molar refractivity (Wildman–Crippen MR) is 261 cm³/mol. The smallest absolute Gasteiger partial charge is 0.197 e. The Morgan fingerprint density at radius 3 is 1.08 bits per heavy atom. The van der Waals surface area contributed by atoms with E-state index in [2.05, 4.69) is 108 Å². The van der Waals surface area contributed by atoms with E-state index in [1.807, 2.05) is 48.5 Å². The van der Waals surface area contributed by atoms with Crippen molar-refractivity contribution in [3.8, 4) is 0 Å². The van der Waals surface area contributed by atoms with Crippen LogP contribution in [0.4, 0.5) is 0 Å². The molecule has 14 rings (SSSR count). The van der Waals surface area contributed by atoms with Crippen LogP contribution in [0, 0.1) is 11.8 Å². The molecule has 0 saturated carbocycles. The van der Waals surface area contributed by atoms with E-state index in [0.717, 1.165) is 84.0 Å². The molecule has 0 N–H and O–H groups in total. The third-order valence-corrected chi connectivity index (χ3v) is 16.2. The van der Waals surface area contributed by atoms with E-state index < -0.39 is 0 Å². The first-order valence-electron chi connectivity index (χ1n) is 21.3. The number of fused-ring (bicyclic) bond motifs is 13. The third-order valence-electron chi connectivity index (χ3n) is 14.0. The monoisotopic (exact) mass is 860 g/mol. The number of carbonyl (C=O) groups is 4. The van der Waals surface area contributed by atoms with Crippen LogP contribution in [0.2, 0.25) is 0 Å². The summed E-state index contributed by atoms with van der Waals surface area (Å²) in [7, 11) is 4.16. The molecule has 4 aliphatic carbocycles. The molecule has 8 heteroatoms. The first-order valence-corrected chi connectivity index (χ1v) is 23.0. The van der Waals surface area contributed by atoms with Crippen LogP contribution >= 0.6 is 22.7 Å². The fraction of sp³-hybridized carbons (Fsp3) is 0.0714. The second-order valence-electron chi connectivity index (χ2n) is 17.6. The molecule has 2 atom stereocenters. The molecule has 302 valence electrons. The summed E-state index contributed by atoms with van der Waals surface area (Å²) in [5, 5.41) is 12.8. The predicted octanol–water partition coefficient (Wildman–Crippen LogP) is 9.41. The summed E-state index contributed by atoms with van der Waals surface area (Å²) < 4.78 is 6.71. The van der Waals surface area contributed by atoms with E-state index in [1.165, 1.54) is 10.4 Å². The van der Waals surface area contributed by atoms with Gasteiger partial charge in [-0.25, -0.2) is 0 Å². The van der Waals surface area contributed by atoms with Crippen LogP contribution < -0.4 is 21.1 Å². The quantitative estimate of drug-likeness (QED) is 0.0987. The Balaban J connectivity index is 0.798. The molecule has 0 saturated heterocycles. The van der Waals surface area contributed by atoms with Gasteiger partial charge in [-0.05, 0) is 116 Å². The molecular weight excluding hydrogens is 829 g/mol. The van der Waals surface area contributed by atoms with Crippen LogP contribution in [0.3, 0.4) is 0 Å². The summed E-state index contributed by atoms with van der Waals surface area (Å²) in [6.45, 7) is 0. The number of rotatable bonds is 2. The molecule has 64 heavy (non-hydrogen) atoms. The van der Waals surface area contributed by atoms with E-state index in [-0.39, 0.29) is 46.1 Å². The maximum Gasteiger partial charge on any atom is 0.197 e. The van der Waals surface area contributed by atoms with Gasteiger partial charge in [0, 0.05) is 79.1 Å². The Morgan fingerprint density at radius 2 is 0.750 bits per heavy atom. The van der Waals surface area contributed by atoms with Gasteiger partial charge in [-0.3, -0.25) is 19.2 Å². The van der Waals surface area contributed by atoms with Gasteiger partial charge in [0.2, 0.25) is 0 Å². The molecule has 0 radical (unpaired) electrons. The summed E-state index contributed by atoms with van der Waals surface area (Å²) in [6, 6.07) is 36.3. The lowest BCUT2D eigenvalue weighted by molar-refractivity contribution is 0.0975. The molecule has 6 aromatic carbocycles. The second-order valence-corrected chi connectivity index (χ2v) is 19.8. The Kier molecular flexibility index (Phi) is 7.07. The van der Waals surface area contributed by atoms with Crippen molar-refractivity contribution in [2.75, 3.05) is 0 Å². The van der Waals surface area contributed by atoms with Crippen molar-refractivity contribution in [1.82, 2.24) is 9.13 Å². The Morgan fingerprint density at radius 1 is 0.422 bits per heavy atom. The van der Waals surface area contributed by atoms with Crippen LogP contribution in [0.5, 0.6) is 0 Å².